The summed E-state index contributed by atoms with van der Waals surface area (Å²) in [5.74, 6) is -0.0819. The van der Waals surface area contributed by atoms with E-state index in [9.17, 15) is 9.59 Å². The Balaban J connectivity index is 1.70. The van der Waals surface area contributed by atoms with Crippen LogP contribution in [0.1, 0.15) is 44.9 Å². The van der Waals surface area contributed by atoms with Crippen molar-refractivity contribution < 1.29 is 9.59 Å². The van der Waals surface area contributed by atoms with Crippen molar-refractivity contribution in [2.24, 2.45) is 0 Å². The molecule has 148 valence electrons. The molecule has 5 rings (SSSR count). The number of carbonyl (C=O) groups is 2. The summed E-state index contributed by atoms with van der Waals surface area (Å²) < 4.78 is 1.65. The van der Waals surface area contributed by atoms with Crippen molar-refractivity contribution in [1.82, 2.24) is 19.7 Å². The van der Waals surface area contributed by atoms with Gasteiger partial charge in [0.1, 0.15) is 0 Å². The predicted octanol–water partition coefficient (Wildman–Crippen LogP) is 4.74. The van der Waals surface area contributed by atoms with Gasteiger partial charge < -0.3 is 0 Å². The zero-order chi connectivity index (χ0) is 21.0. The molecule has 0 spiro atoms. The van der Waals surface area contributed by atoms with Gasteiger partial charge in [-0.05, 0) is 44.2 Å². The Hall–Kier alpha value is -3.51. The van der Waals surface area contributed by atoms with Crippen LogP contribution >= 0.6 is 11.6 Å². The van der Waals surface area contributed by atoms with Gasteiger partial charge in [0.25, 0.3) is 11.8 Å². The number of hydrogen-bond donors (Lipinski definition) is 0. The fourth-order valence-corrected chi connectivity index (χ4v) is 4.12. The highest BCUT2D eigenvalue weighted by Crippen LogP contribution is 2.35. The number of imide groups is 1. The molecular formula is C23H17ClN4O2. The average molecular weight is 417 g/mol. The van der Waals surface area contributed by atoms with Gasteiger partial charge in [-0.1, -0.05) is 35.9 Å². The van der Waals surface area contributed by atoms with E-state index in [0.29, 0.717) is 33.0 Å². The Morgan fingerprint density at radius 2 is 1.67 bits per heavy atom. The van der Waals surface area contributed by atoms with E-state index in [1.165, 1.54) is 4.90 Å². The number of hydrogen-bond acceptors (Lipinski definition) is 4. The van der Waals surface area contributed by atoms with Crippen molar-refractivity contribution in [3.05, 3.63) is 88.2 Å². The topological polar surface area (TPSA) is 68.1 Å². The molecule has 2 aromatic heterocycles. The summed E-state index contributed by atoms with van der Waals surface area (Å²) >= 11 is 6.38. The molecule has 30 heavy (non-hydrogen) atoms. The molecule has 0 radical (unpaired) electrons. The second-order valence-electron chi connectivity index (χ2n) is 7.32. The van der Waals surface area contributed by atoms with Crippen LogP contribution < -0.4 is 0 Å². The number of carbonyl (C=O) groups excluding carboxylic acids is 2. The Kier molecular flexibility index (Phi) is 4.18. The second-order valence-corrected chi connectivity index (χ2v) is 7.72. The molecule has 1 aliphatic rings. The van der Waals surface area contributed by atoms with E-state index in [-0.39, 0.29) is 11.8 Å². The lowest BCUT2D eigenvalue weighted by Crippen LogP contribution is -2.33. The Morgan fingerprint density at radius 3 is 2.30 bits per heavy atom. The lowest BCUT2D eigenvalue weighted by Gasteiger charge is -2.25. The number of rotatable bonds is 3. The quantitative estimate of drug-likeness (QED) is 0.452. The SMILES string of the molecule is Cc1ccn(-c2nc3c(Cl)cccc3cc2[C@H](C)N2C(=O)c3ccccc3C2=O)n1. The third-order valence-electron chi connectivity index (χ3n) is 5.41. The van der Waals surface area contributed by atoms with Crippen LogP contribution in [-0.4, -0.2) is 31.5 Å². The molecule has 0 unspecified atom stereocenters. The van der Waals surface area contributed by atoms with Gasteiger partial charge in [0, 0.05) is 17.1 Å². The largest absolute Gasteiger partial charge is 0.269 e. The first-order valence-electron chi connectivity index (χ1n) is 9.54. The maximum absolute atomic E-state index is 13.0. The van der Waals surface area contributed by atoms with Crippen LogP contribution in [0.3, 0.4) is 0 Å². The van der Waals surface area contributed by atoms with E-state index in [1.807, 2.05) is 38.1 Å². The van der Waals surface area contributed by atoms with E-state index in [2.05, 4.69) is 5.10 Å². The molecule has 0 aliphatic carbocycles. The van der Waals surface area contributed by atoms with Crippen LogP contribution in [-0.2, 0) is 0 Å². The molecule has 4 aromatic rings. The molecular weight excluding hydrogens is 400 g/mol. The zero-order valence-electron chi connectivity index (χ0n) is 16.3. The number of amides is 2. The monoisotopic (exact) mass is 416 g/mol. The summed E-state index contributed by atoms with van der Waals surface area (Å²) in [6.45, 7) is 3.72. The Morgan fingerprint density at radius 1 is 0.967 bits per heavy atom. The van der Waals surface area contributed by atoms with Crippen molar-refractivity contribution in [2.45, 2.75) is 19.9 Å². The normalized spacial score (nSPS) is 14.4. The minimum Gasteiger partial charge on any atom is -0.269 e. The van der Waals surface area contributed by atoms with Crippen molar-refractivity contribution >= 4 is 34.3 Å². The van der Waals surface area contributed by atoms with Gasteiger partial charge in [-0.2, -0.15) is 5.10 Å². The highest BCUT2D eigenvalue weighted by molar-refractivity contribution is 6.35. The molecule has 3 heterocycles. The van der Waals surface area contributed by atoms with Crippen LogP contribution in [0.4, 0.5) is 0 Å². The molecule has 0 fully saturated rings. The number of fused-ring (bicyclic) bond motifs is 2. The number of halogens is 1. The fraction of sp³-hybridized carbons (Fsp3) is 0.130. The number of nitrogens with zero attached hydrogens (tertiary/aromatic N) is 4. The van der Waals surface area contributed by atoms with Crippen molar-refractivity contribution in [2.75, 3.05) is 0 Å². The smallest absolute Gasteiger partial charge is 0.262 e. The predicted molar refractivity (Wildman–Crippen MR) is 114 cm³/mol. The van der Waals surface area contributed by atoms with Gasteiger partial charge in [-0.25, -0.2) is 9.67 Å². The lowest BCUT2D eigenvalue weighted by atomic mass is 10.0. The summed E-state index contributed by atoms with van der Waals surface area (Å²) in [6, 6.07) is 15.7. The van der Waals surface area contributed by atoms with E-state index in [1.54, 1.807) is 41.2 Å². The number of benzene rings is 2. The van der Waals surface area contributed by atoms with Gasteiger partial charge in [0.15, 0.2) is 5.82 Å². The molecule has 6 nitrogen and oxygen atoms in total. The number of pyridine rings is 1. The number of aryl methyl sites for hydroxylation is 1. The third kappa shape index (κ3) is 2.72. The van der Waals surface area contributed by atoms with Gasteiger partial charge in [-0.3, -0.25) is 14.5 Å². The minimum atomic E-state index is -0.548. The lowest BCUT2D eigenvalue weighted by molar-refractivity contribution is 0.0595. The maximum atomic E-state index is 13.0. The van der Waals surface area contributed by atoms with Crippen molar-refractivity contribution in [3.8, 4) is 5.82 Å². The Bertz CT molecular complexity index is 1310. The zero-order valence-corrected chi connectivity index (χ0v) is 17.1. The summed E-state index contributed by atoms with van der Waals surface area (Å²) in [6.07, 6.45) is 1.80. The van der Waals surface area contributed by atoms with E-state index in [0.717, 1.165) is 11.1 Å². The first kappa shape index (κ1) is 18.5. The molecule has 1 aliphatic heterocycles. The van der Waals surface area contributed by atoms with Gasteiger partial charge >= 0.3 is 0 Å². The van der Waals surface area contributed by atoms with E-state index < -0.39 is 6.04 Å². The summed E-state index contributed by atoms with van der Waals surface area (Å²) in [5.41, 5.74) is 3.02. The first-order valence-corrected chi connectivity index (χ1v) is 9.92. The van der Waals surface area contributed by atoms with E-state index in [4.69, 9.17) is 16.6 Å². The molecule has 0 N–H and O–H groups in total. The molecule has 1 atom stereocenters. The first-order chi connectivity index (χ1) is 14.5. The number of aromatic nitrogens is 3. The second kappa shape index (κ2) is 6.78. The van der Waals surface area contributed by atoms with Crippen molar-refractivity contribution in [3.63, 3.8) is 0 Å². The van der Waals surface area contributed by atoms with Gasteiger partial charge in [0.05, 0.1) is 33.4 Å². The van der Waals surface area contributed by atoms with Crippen LogP contribution in [0.2, 0.25) is 5.02 Å². The third-order valence-corrected chi connectivity index (χ3v) is 5.71. The molecule has 7 heteroatoms. The van der Waals surface area contributed by atoms with Crippen LogP contribution in [0.15, 0.2) is 60.8 Å². The van der Waals surface area contributed by atoms with Crippen LogP contribution in [0, 0.1) is 6.92 Å². The molecule has 0 saturated carbocycles. The Labute approximate surface area is 177 Å². The van der Waals surface area contributed by atoms with Crippen LogP contribution in [0.5, 0.6) is 0 Å². The minimum absolute atomic E-state index is 0.308. The van der Waals surface area contributed by atoms with Gasteiger partial charge in [-0.15, -0.1) is 0 Å². The van der Waals surface area contributed by atoms with Crippen molar-refractivity contribution in [1.29, 1.82) is 0 Å². The summed E-state index contributed by atoms with van der Waals surface area (Å²) in [5, 5.41) is 5.84. The fourth-order valence-electron chi connectivity index (χ4n) is 3.89. The average Bonchev–Trinajstić information content (AvgIpc) is 3.29. The molecule has 2 amide bonds. The highest BCUT2D eigenvalue weighted by Gasteiger charge is 2.39. The van der Waals surface area contributed by atoms with Gasteiger partial charge in [0.2, 0.25) is 0 Å². The molecule has 0 saturated heterocycles. The van der Waals surface area contributed by atoms with Crippen LogP contribution in [0.25, 0.3) is 16.7 Å². The molecule has 2 aromatic carbocycles. The van der Waals surface area contributed by atoms with E-state index >= 15 is 0 Å². The number of para-hydroxylation sites is 1. The standard InChI is InChI=1S/C23H17ClN4O2/c1-13-10-11-27(26-13)21-18(12-15-6-5-9-19(24)20(15)25-21)14(2)28-22(29)16-7-3-4-8-17(16)23(28)30/h3-12,14H,1-2H3/t14-/m0/s1. The maximum Gasteiger partial charge on any atom is 0.262 e. The summed E-state index contributed by atoms with van der Waals surface area (Å²) in [7, 11) is 0. The molecule has 0 bridgehead atoms. The highest BCUT2D eigenvalue weighted by atomic mass is 35.5. The summed E-state index contributed by atoms with van der Waals surface area (Å²) in [4.78, 5) is 32.1.